The molecule has 38 heavy (non-hydrogen) atoms. The van der Waals surface area contributed by atoms with Crippen molar-refractivity contribution in [3.8, 4) is 5.75 Å². The van der Waals surface area contributed by atoms with Crippen LogP contribution in [0.15, 0.2) is 66.2 Å². The Kier molecular flexibility index (Phi) is 6.00. The third-order valence-electron chi connectivity index (χ3n) is 7.08. The molecule has 2 aliphatic rings. The predicted octanol–water partition coefficient (Wildman–Crippen LogP) is 7.02. The highest BCUT2D eigenvalue weighted by molar-refractivity contribution is 7.22. The van der Waals surface area contributed by atoms with Crippen LogP contribution in [0.4, 0.5) is 5.13 Å². The number of aromatic nitrogens is 1. The lowest BCUT2D eigenvalue weighted by atomic mass is 9.93. The maximum atomic E-state index is 13.5. The van der Waals surface area contributed by atoms with E-state index >= 15 is 0 Å². The van der Waals surface area contributed by atoms with Crippen LogP contribution < -0.4 is 9.64 Å². The third-order valence-corrected chi connectivity index (χ3v) is 8.33. The van der Waals surface area contributed by atoms with Crippen LogP contribution in [0.1, 0.15) is 55.0 Å². The molecule has 1 fully saturated rings. The summed E-state index contributed by atoms with van der Waals surface area (Å²) in [6.45, 7) is 6.19. The normalized spacial score (nSPS) is 20.4. The number of thiazole rings is 1. The summed E-state index contributed by atoms with van der Waals surface area (Å²) < 4.78 is 6.60. The first-order chi connectivity index (χ1) is 18.2. The number of rotatable bonds is 4. The Labute approximate surface area is 229 Å². The molecule has 1 saturated heterocycles. The number of anilines is 1. The van der Waals surface area contributed by atoms with Crippen LogP contribution in [0, 0.1) is 0 Å². The number of Topliss-reactive ketones (excluding diaryl/α,β-unsaturated/α-hetero) is 1. The number of ketones is 1. The van der Waals surface area contributed by atoms with Gasteiger partial charge >= 0.3 is 5.91 Å². The van der Waals surface area contributed by atoms with Crippen LogP contribution in [0.25, 0.3) is 16.0 Å². The number of benzene rings is 3. The molecule has 8 heteroatoms. The van der Waals surface area contributed by atoms with Gasteiger partial charge in [0.2, 0.25) is 0 Å². The van der Waals surface area contributed by atoms with Gasteiger partial charge in [-0.05, 0) is 65.9 Å². The number of nitrogens with zero attached hydrogens (tertiary/aromatic N) is 2. The molecule has 3 aromatic carbocycles. The second kappa shape index (κ2) is 9.26. The Morgan fingerprint density at radius 1 is 1.11 bits per heavy atom. The first kappa shape index (κ1) is 24.6. The van der Waals surface area contributed by atoms with Crippen molar-refractivity contribution >= 4 is 55.7 Å². The van der Waals surface area contributed by atoms with Gasteiger partial charge in [0.15, 0.2) is 5.13 Å². The number of ether oxygens (including phenoxy) is 1. The minimum Gasteiger partial charge on any atom is -0.507 e. The summed E-state index contributed by atoms with van der Waals surface area (Å²) in [6.07, 6.45) is 0.749. The zero-order chi connectivity index (χ0) is 26.7. The maximum absolute atomic E-state index is 13.5. The van der Waals surface area contributed by atoms with Crippen molar-refractivity contribution in [1.29, 1.82) is 0 Å². The van der Waals surface area contributed by atoms with E-state index in [9.17, 15) is 14.7 Å². The molecule has 0 spiro atoms. The maximum Gasteiger partial charge on any atom is 0.301 e. The van der Waals surface area contributed by atoms with E-state index in [-0.39, 0.29) is 17.4 Å². The molecule has 6 rings (SSSR count). The van der Waals surface area contributed by atoms with Gasteiger partial charge in [0.05, 0.1) is 21.8 Å². The van der Waals surface area contributed by atoms with Crippen LogP contribution in [0.2, 0.25) is 5.02 Å². The fourth-order valence-electron chi connectivity index (χ4n) is 5.12. The van der Waals surface area contributed by atoms with Crippen molar-refractivity contribution in [2.24, 2.45) is 0 Å². The quantitative estimate of drug-likeness (QED) is 0.170. The molecule has 0 bridgehead atoms. The van der Waals surface area contributed by atoms with E-state index in [0.717, 1.165) is 21.6 Å². The summed E-state index contributed by atoms with van der Waals surface area (Å²) in [6, 6.07) is 17.6. The summed E-state index contributed by atoms with van der Waals surface area (Å²) in [4.78, 5) is 33.1. The Morgan fingerprint density at radius 3 is 2.61 bits per heavy atom. The lowest BCUT2D eigenvalue weighted by Gasteiger charge is -2.23. The number of hydrogen-bond acceptors (Lipinski definition) is 6. The number of amides is 1. The lowest BCUT2D eigenvalue weighted by Crippen LogP contribution is -2.29. The summed E-state index contributed by atoms with van der Waals surface area (Å²) in [7, 11) is 0. The van der Waals surface area contributed by atoms with Gasteiger partial charge in [0.1, 0.15) is 17.6 Å². The molecule has 2 aliphatic heterocycles. The largest absolute Gasteiger partial charge is 0.507 e. The average Bonchev–Trinajstić information content (AvgIpc) is 3.55. The molecule has 2 atom stereocenters. The summed E-state index contributed by atoms with van der Waals surface area (Å²) in [5, 5.41) is 12.5. The fourth-order valence-corrected chi connectivity index (χ4v) is 6.39. The molecule has 0 aliphatic carbocycles. The van der Waals surface area contributed by atoms with Crippen molar-refractivity contribution in [3.05, 3.63) is 93.5 Å². The topological polar surface area (TPSA) is 79.7 Å². The van der Waals surface area contributed by atoms with Crippen molar-refractivity contribution in [1.82, 2.24) is 4.98 Å². The Balaban J connectivity index is 1.53. The van der Waals surface area contributed by atoms with Crippen LogP contribution in [-0.4, -0.2) is 27.9 Å². The average molecular weight is 545 g/mol. The molecule has 1 amide bonds. The SMILES string of the molecule is CC1Cc2cc(/C(O)=C3\C(=O)C(=O)N(c4nc5ccc(Cl)cc5s4)C3c3ccc(C(C)C)cc3)ccc2O1. The zero-order valence-corrected chi connectivity index (χ0v) is 22.6. The van der Waals surface area contributed by atoms with Crippen molar-refractivity contribution in [2.75, 3.05) is 4.90 Å². The Bertz CT molecular complexity index is 1640. The van der Waals surface area contributed by atoms with Crippen LogP contribution in [0.5, 0.6) is 5.75 Å². The number of carbonyl (C=O) groups is 2. The van der Waals surface area contributed by atoms with Gasteiger partial charge in [-0.2, -0.15) is 0 Å². The monoisotopic (exact) mass is 544 g/mol. The first-order valence-corrected chi connectivity index (χ1v) is 13.7. The third kappa shape index (κ3) is 4.06. The van der Waals surface area contributed by atoms with Gasteiger partial charge < -0.3 is 9.84 Å². The second-order valence-corrected chi connectivity index (χ2v) is 11.5. The summed E-state index contributed by atoms with van der Waals surface area (Å²) >= 11 is 7.46. The first-order valence-electron chi connectivity index (χ1n) is 12.5. The van der Waals surface area contributed by atoms with Crippen molar-refractivity contribution in [2.45, 2.75) is 45.3 Å². The minimum absolute atomic E-state index is 0.0384. The molecule has 0 radical (unpaired) electrons. The molecule has 4 aromatic rings. The lowest BCUT2D eigenvalue weighted by molar-refractivity contribution is -0.132. The van der Waals surface area contributed by atoms with Crippen molar-refractivity contribution < 1.29 is 19.4 Å². The standard InChI is InChI=1S/C30H25ClN2O4S/c1-15(2)17-4-6-18(7-5-17)26-25(27(34)19-8-11-23-20(13-19)12-16(3)37-23)28(35)29(36)33(26)30-32-22-10-9-21(31)14-24(22)38-30/h4-11,13-16,26,34H,12H2,1-3H3/b27-25+. The van der Waals surface area contributed by atoms with E-state index in [1.165, 1.54) is 16.2 Å². The van der Waals surface area contributed by atoms with Gasteiger partial charge in [-0.15, -0.1) is 0 Å². The van der Waals surface area contributed by atoms with Gasteiger partial charge in [0, 0.05) is 17.0 Å². The molecule has 6 nitrogen and oxygen atoms in total. The minimum atomic E-state index is -0.837. The highest BCUT2D eigenvalue weighted by Gasteiger charge is 2.48. The summed E-state index contributed by atoms with van der Waals surface area (Å²) in [5.74, 6) is -0.602. The molecular weight excluding hydrogens is 520 g/mol. The number of hydrogen-bond donors (Lipinski definition) is 1. The van der Waals surface area contributed by atoms with E-state index in [1.807, 2.05) is 37.3 Å². The molecule has 1 aromatic heterocycles. The van der Waals surface area contributed by atoms with Crippen LogP contribution >= 0.6 is 22.9 Å². The molecular formula is C30H25ClN2O4S. The smallest absolute Gasteiger partial charge is 0.301 e. The van der Waals surface area contributed by atoms with E-state index in [4.69, 9.17) is 16.3 Å². The van der Waals surface area contributed by atoms with Gasteiger partial charge in [0.25, 0.3) is 5.78 Å². The highest BCUT2D eigenvalue weighted by atomic mass is 35.5. The predicted molar refractivity (Wildman–Crippen MR) is 150 cm³/mol. The van der Waals surface area contributed by atoms with Crippen LogP contribution in [0.3, 0.4) is 0 Å². The van der Waals surface area contributed by atoms with Crippen LogP contribution in [-0.2, 0) is 16.0 Å². The molecule has 2 unspecified atom stereocenters. The van der Waals surface area contributed by atoms with E-state index < -0.39 is 17.7 Å². The van der Waals surface area contributed by atoms with Crippen molar-refractivity contribution in [3.63, 3.8) is 0 Å². The van der Waals surface area contributed by atoms with Gasteiger partial charge in [-0.25, -0.2) is 4.98 Å². The zero-order valence-electron chi connectivity index (χ0n) is 21.1. The van der Waals surface area contributed by atoms with E-state index in [0.29, 0.717) is 39.1 Å². The molecule has 192 valence electrons. The highest BCUT2D eigenvalue weighted by Crippen LogP contribution is 2.45. The molecule has 1 N–H and O–H groups in total. The molecule has 0 saturated carbocycles. The van der Waals surface area contributed by atoms with Gasteiger partial charge in [-0.3, -0.25) is 14.5 Å². The fraction of sp³-hybridized carbons (Fsp3) is 0.233. The number of halogens is 1. The number of carbonyl (C=O) groups excluding carboxylic acids is 2. The Morgan fingerprint density at radius 2 is 1.87 bits per heavy atom. The number of aliphatic hydroxyl groups is 1. The van der Waals surface area contributed by atoms with E-state index in [1.54, 1.807) is 30.3 Å². The summed E-state index contributed by atoms with van der Waals surface area (Å²) in [5.41, 5.74) is 3.99. The number of aliphatic hydroxyl groups excluding tert-OH is 1. The Hall–Kier alpha value is -3.68. The molecule has 3 heterocycles. The van der Waals surface area contributed by atoms with Gasteiger partial charge in [-0.1, -0.05) is 61.1 Å². The second-order valence-electron chi connectivity index (χ2n) is 10.1. The number of fused-ring (bicyclic) bond motifs is 2. The van der Waals surface area contributed by atoms with E-state index in [2.05, 4.69) is 18.8 Å².